The SMILES string of the molecule is O=C(O)c1ccc(Cl)c(-c2ccc(/C=C3/SC(=S)N(c4cccc(Cl)c4)C3=O)o2)c1. The van der Waals surface area contributed by atoms with E-state index < -0.39 is 5.97 Å². The second-order valence-electron chi connectivity index (χ2n) is 6.20. The van der Waals surface area contributed by atoms with Gasteiger partial charge in [0.2, 0.25) is 0 Å². The van der Waals surface area contributed by atoms with E-state index in [2.05, 4.69) is 0 Å². The highest BCUT2D eigenvalue weighted by Gasteiger charge is 2.33. The summed E-state index contributed by atoms with van der Waals surface area (Å²) in [5, 5.41) is 10.0. The fourth-order valence-electron chi connectivity index (χ4n) is 2.86. The van der Waals surface area contributed by atoms with Crippen LogP contribution in [0, 0.1) is 0 Å². The van der Waals surface area contributed by atoms with Crippen molar-refractivity contribution in [2.75, 3.05) is 4.90 Å². The third kappa shape index (κ3) is 4.02. The second-order valence-corrected chi connectivity index (χ2v) is 8.72. The van der Waals surface area contributed by atoms with Gasteiger partial charge in [0.1, 0.15) is 11.5 Å². The van der Waals surface area contributed by atoms with E-state index in [4.69, 9.17) is 39.8 Å². The summed E-state index contributed by atoms with van der Waals surface area (Å²) in [4.78, 5) is 25.9. The molecule has 1 aromatic heterocycles. The molecule has 1 aliphatic heterocycles. The maximum Gasteiger partial charge on any atom is 0.335 e. The molecular formula is C21H11Cl2NO4S2. The summed E-state index contributed by atoms with van der Waals surface area (Å²) in [5.74, 6) is -0.548. The van der Waals surface area contributed by atoms with Gasteiger partial charge in [-0.1, -0.05) is 53.2 Å². The largest absolute Gasteiger partial charge is 0.478 e. The number of amides is 1. The highest BCUT2D eigenvalue weighted by Crippen LogP contribution is 2.38. The number of carboxylic acids is 1. The summed E-state index contributed by atoms with van der Waals surface area (Å²) >= 11 is 18.7. The number of hydrogen-bond donors (Lipinski definition) is 1. The van der Waals surface area contributed by atoms with Gasteiger partial charge in [-0.25, -0.2) is 4.79 Å². The summed E-state index contributed by atoms with van der Waals surface area (Å²) in [5.41, 5.74) is 1.13. The number of carbonyl (C=O) groups excluding carboxylic acids is 1. The van der Waals surface area contributed by atoms with E-state index in [-0.39, 0.29) is 11.5 Å². The molecule has 1 saturated heterocycles. The Morgan fingerprint density at radius 1 is 1.13 bits per heavy atom. The first-order valence-corrected chi connectivity index (χ1v) is 10.5. The monoisotopic (exact) mass is 475 g/mol. The Hall–Kier alpha value is -2.58. The van der Waals surface area contributed by atoms with Gasteiger partial charge < -0.3 is 9.52 Å². The van der Waals surface area contributed by atoms with E-state index in [0.29, 0.717) is 42.0 Å². The van der Waals surface area contributed by atoms with Crippen LogP contribution in [0.2, 0.25) is 10.0 Å². The lowest BCUT2D eigenvalue weighted by Gasteiger charge is -2.14. The van der Waals surface area contributed by atoms with Crippen molar-refractivity contribution >= 4 is 75.1 Å². The zero-order valence-electron chi connectivity index (χ0n) is 15.0. The molecule has 4 rings (SSSR count). The van der Waals surface area contributed by atoms with Crippen LogP contribution in [0.1, 0.15) is 16.1 Å². The van der Waals surface area contributed by atoms with Crippen molar-refractivity contribution in [3.8, 4) is 11.3 Å². The molecule has 0 bridgehead atoms. The molecule has 0 spiro atoms. The average Bonchev–Trinajstić information content (AvgIpc) is 3.26. The summed E-state index contributed by atoms with van der Waals surface area (Å²) in [6.07, 6.45) is 1.59. The Morgan fingerprint density at radius 2 is 1.93 bits per heavy atom. The number of rotatable bonds is 4. The summed E-state index contributed by atoms with van der Waals surface area (Å²) in [6.45, 7) is 0. The quantitative estimate of drug-likeness (QED) is 0.349. The van der Waals surface area contributed by atoms with Crippen LogP contribution in [0.4, 0.5) is 5.69 Å². The van der Waals surface area contributed by atoms with Crippen LogP contribution in [-0.4, -0.2) is 21.3 Å². The minimum atomic E-state index is -1.07. The van der Waals surface area contributed by atoms with Gasteiger partial charge in [-0.3, -0.25) is 9.69 Å². The molecule has 1 N–H and O–H groups in total. The minimum absolute atomic E-state index is 0.0924. The van der Waals surface area contributed by atoms with Crippen molar-refractivity contribution in [1.29, 1.82) is 0 Å². The third-order valence-corrected chi connectivity index (χ3v) is 6.11. The van der Waals surface area contributed by atoms with Gasteiger partial charge in [0.25, 0.3) is 5.91 Å². The van der Waals surface area contributed by atoms with Gasteiger partial charge in [-0.15, -0.1) is 0 Å². The average molecular weight is 476 g/mol. The zero-order chi connectivity index (χ0) is 21.4. The lowest BCUT2D eigenvalue weighted by Crippen LogP contribution is -2.27. The van der Waals surface area contributed by atoms with E-state index in [9.17, 15) is 14.7 Å². The maximum absolute atomic E-state index is 12.9. The molecule has 0 saturated carbocycles. The molecule has 30 heavy (non-hydrogen) atoms. The van der Waals surface area contributed by atoms with Crippen LogP contribution in [0.3, 0.4) is 0 Å². The normalized spacial score (nSPS) is 15.3. The molecule has 1 amide bonds. The molecule has 9 heteroatoms. The summed E-state index contributed by atoms with van der Waals surface area (Å²) < 4.78 is 6.18. The topological polar surface area (TPSA) is 70.8 Å². The van der Waals surface area contributed by atoms with Gasteiger partial charge >= 0.3 is 5.97 Å². The van der Waals surface area contributed by atoms with E-state index in [1.165, 1.54) is 23.1 Å². The molecule has 0 atom stereocenters. The number of carboxylic acid groups (broad SMARTS) is 1. The standard InChI is InChI=1S/C21H11Cl2NO4S2/c22-12-2-1-3-13(9-12)24-19(25)18(30-21(24)29)10-14-5-7-17(28-14)15-8-11(20(26)27)4-6-16(15)23/h1-10H,(H,26,27)/b18-10+. The number of benzene rings is 2. The summed E-state index contributed by atoms with van der Waals surface area (Å²) in [7, 11) is 0. The van der Waals surface area contributed by atoms with Gasteiger partial charge in [0.05, 0.1) is 21.2 Å². The lowest BCUT2D eigenvalue weighted by molar-refractivity contribution is -0.113. The number of aromatic carboxylic acids is 1. The van der Waals surface area contributed by atoms with Gasteiger partial charge in [-0.2, -0.15) is 0 Å². The second kappa shape index (κ2) is 8.28. The minimum Gasteiger partial charge on any atom is -0.478 e. The predicted molar refractivity (Wildman–Crippen MR) is 123 cm³/mol. The first-order chi connectivity index (χ1) is 14.3. The van der Waals surface area contributed by atoms with Crippen LogP contribution in [-0.2, 0) is 4.79 Å². The summed E-state index contributed by atoms with van der Waals surface area (Å²) in [6, 6.07) is 14.6. The Labute approximate surface area is 190 Å². The van der Waals surface area contributed by atoms with Crippen molar-refractivity contribution in [2.45, 2.75) is 0 Å². The van der Waals surface area contributed by atoms with E-state index in [1.807, 2.05) is 0 Å². The number of anilines is 1. The van der Waals surface area contributed by atoms with Gasteiger partial charge in [0, 0.05) is 16.7 Å². The molecule has 150 valence electrons. The van der Waals surface area contributed by atoms with E-state index in [0.717, 1.165) is 11.8 Å². The molecule has 5 nitrogen and oxygen atoms in total. The van der Waals surface area contributed by atoms with Crippen molar-refractivity contribution < 1.29 is 19.1 Å². The fraction of sp³-hybridized carbons (Fsp3) is 0. The van der Waals surface area contributed by atoms with Crippen LogP contribution in [0.15, 0.2) is 63.9 Å². The molecule has 0 unspecified atom stereocenters. The first kappa shape index (κ1) is 20.7. The first-order valence-electron chi connectivity index (χ1n) is 8.50. The Kier molecular flexibility index (Phi) is 5.71. The highest BCUT2D eigenvalue weighted by molar-refractivity contribution is 8.27. The van der Waals surface area contributed by atoms with Gasteiger partial charge in [-0.05, 0) is 48.5 Å². The number of furan rings is 1. The molecule has 0 aliphatic carbocycles. The van der Waals surface area contributed by atoms with Crippen LogP contribution >= 0.6 is 47.2 Å². The molecule has 2 aromatic carbocycles. The number of thioether (sulfide) groups is 1. The molecular weight excluding hydrogens is 465 g/mol. The smallest absolute Gasteiger partial charge is 0.335 e. The number of carbonyl (C=O) groups is 2. The Morgan fingerprint density at radius 3 is 2.67 bits per heavy atom. The maximum atomic E-state index is 12.9. The van der Waals surface area contributed by atoms with Crippen LogP contribution < -0.4 is 4.90 Å². The predicted octanol–water partition coefficient (Wildman–Crippen LogP) is 6.36. The Balaban J connectivity index is 1.64. The van der Waals surface area contributed by atoms with Crippen LogP contribution in [0.5, 0.6) is 0 Å². The van der Waals surface area contributed by atoms with Gasteiger partial charge in [0.15, 0.2) is 4.32 Å². The number of nitrogens with zero attached hydrogens (tertiary/aromatic N) is 1. The Bertz CT molecular complexity index is 1240. The molecule has 3 aromatic rings. The van der Waals surface area contributed by atoms with Crippen molar-refractivity contribution in [3.05, 3.63) is 80.9 Å². The molecule has 1 aliphatic rings. The molecule has 0 radical (unpaired) electrons. The van der Waals surface area contributed by atoms with Crippen molar-refractivity contribution in [2.24, 2.45) is 0 Å². The molecule has 1 fully saturated rings. The highest BCUT2D eigenvalue weighted by atomic mass is 35.5. The number of hydrogen-bond acceptors (Lipinski definition) is 5. The van der Waals surface area contributed by atoms with Crippen LogP contribution in [0.25, 0.3) is 17.4 Å². The zero-order valence-corrected chi connectivity index (χ0v) is 18.1. The lowest BCUT2D eigenvalue weighted by atomic mass is 10.1. The fourth-order valence-corrected chi connectivity index (χ4v) is 4.53. The molecule has 2 heterocycles. The van der Waals surface area contributed by atoms with Crippen molar-refractivity contribution in [1.82, 2.24) is 0 Å². The van der Waals surface area contributed by atoms with E-state index in [1.54, 1.807) is 42.5 Å². The van der Waals surface area contributed by atoms with E-state index >= 15 is 0 Å². The number of thiocarbonyl (C=S) groups is 1. The van der Waals surface area contributed by atoms with Crippen molar-refractivity contribution in [3.63, 3.8) is 0 Å². The third-order valence-electron chi connectivity index (χ3n) is 4.24. The number of halogens is 2.